The van der Waals surface area contributed by atoms with E-state index in [1.54, 1.807) is 12.1 Å². The first-order valence-corrected chi connectivity index (χ1v) is 8.25. The lowest BCUT2D eigenvalue weighted by atomic mass is 10.2. The maximum atomic E-state index is 12.4. The molecule has 24 heavy (non-hydrogen) atoms. The van der Waals surface area contributed by atoms with Gasteiger partial charge in [0.2, 0.25) is 0 Å². The monoisotopic (exact) mass is 345 g/mol. The SMILES string of the molecule is Cc1ccc(Nc2ccc(C(=O)N3CCN(C)CC3)nn2)cc1Cl. The molecule has 1 fully saturated rings. The van der Waals surface area contributed by atoms with Crippen LogP contribution < -0.4 is 5.32 Å². The summed E-state index contributed by atoms with van der Waals surface area (Å²) in [6, 6.07) is 9.15. The van der Waals surface area contributed by atoms with Gasteiger partial charge in [0.05, 0.1) is 0 Å². The van der Waals surface area contributed by atoms with E-state index in [4.69, 9.17) is 11.6 Å². The Hall–Kier alpha value is -2.18. The topological polar surface area (TPSA) is 61.4 Å². The minimum atomic E-state index is -0.0690. The molecule has 0 atom stereocenters. The molecule has 0 radical (unpaired) electrons. The van der Waals surface area contributed by atoms with Gasteiger partial charge < -0.3 is 15.1 Å². The number of anilines is 2. The first-order valence-electron chi connectivity index (χ1n) is 7.87. The maximum absolute atomic E-state index is 12.4. The van der Waals surface area contributed by atoms with Gasteiger partial charge in [0.25, 0.3) is 5.91 Å². The molecule has 2 aromatic rings. The molecule has 126 valence electrons. The largest absolute Gasteiger partial charge is 0.339 e. The predicted molar refractivity (Wildman–Crippen MR) is 94.9 cm³/mol. The highest BCUT2D eigenvalue weighted by molar-refractivity contribution is 6.31. The molecule has 1 saturated heterocycles. The Kier molecular flexibility index (Phi) is 4.97. The Morgan fingerprint density at radius 1 is 1.12 bits per heavy atom. The molecule has 1 aromatic heterocycles. The number of carbonyl (C=O) groups is 1. The van der Waals surface area contributed by atoms with Crippen molar-refractivity contribution in [2.75, 3.05) is 38.5 Å². The molecule has 0 saturated carbocycles. The van der Waals surface area contributed by atoms with Crippen molar-refractivity contribution in [1.82, 2.24) is 20.0 Å². The highest BCUT2D eigenvalue weighted by atomic mass is 35.5. The number of hydrogen-bond donors (Lipinski definition) is 1. The number of nitrogens with zero attached hydrogens (tertiary/aromatic N) is 4. The molecule has 7 heteroatoms. The molecular weight excluding hydrogens is 326 g/mol. The standard InChI is InChI=1S/C17H20ClN5O/c1-12-3-4-13(11-14(12)18)19-16-6-5-15(20-21-16)17(24)23-9-7-22(2)8-10-23/h3-6,11H,7-10H2,1-2H3,(H,19,21). The van der Waals surface area contributed by atoms with Crippen LogP contribution in [0.5, 0.6) is 0 Å². The molecular formula is C17H20ClN5O. The van der Waals surface area contributed by atoms with Gasteiger partial charge in [0.15, 0.2) is 11.5 Å². The third kappa shape index (κ3) is 3.83. The van der Waals surface area contributed by atoms with Crippen molar-refractivity contribution in [3.05, 3.63) is 46.6 Å². The van der Waals surface area contributed by atoms with E-state index >= 15 is 0 Å². The summed E-state index contributed by atoms with van der Waals surface area (Å²) in [4.78, 5) is 16.4. The average Bonchev–Trinajstić information content (AvgIpc) is 2.59. The molecule has 6 nitrogen and oxygen atoms in total. The third-order valence-corrected chi connectivity index (χ3v) is 4.53. The van der Waals surface area contributed by atoms with E-state index in [1.165, 1.54) is 0 Å². The van der Waals surface area contributed by atoms with Crippen LogP contribution in [0.15, 0.2) is 30.3 Å². The van der Waals surface area contributed by atoms with Gasteiger partial charge in [-0.25, -0.2) is 0 Å². The summed E-state index contributed by atoms with van der Waals surface area (Å²) < 4.78 is 0. The highest BCUT2D eigenvalue weighted by Gasteiger charge is 2.21. The van der Waals surface area contributed by atoms with Gasteiger partial charge in [-0.2, -0.15) is 0 Å². The summed E-state index contributed by atoms with van der Waals surface area (Å²) in [5, 5.41) is 12.0. The van der Waals surface area contributed by atoms with Crippen molar-refractivity contribution in [2.24, 2.45) is 0 Å². The van der Waals surface area contributed by atoms with E-state index in [0.717, 1.165) is 37.4 Å². The number of rotatable bonds is 3. The van der Waals surface area contributed by atoms with Crippen LogP contribution in [0.4, 0.5) is 11.5 Å². The average molecular weight is 346 g/mol. The maximum Gasteiger partial charge on any atom is 0.274 e. The molecule has 1 N–H and O–H groups in total. The summed E-state index contributed by atoms with van der Waals surface area (Å²) in [6.07, 6.45) is 0. The van der Waals surface area contributed by atoms with Gasteiger partial charge in [-0.05, 0) is 43.8 Å². The van der Waals surface area contributed by atoms with Crippen molar-refractivity contribution < 1.29 is 4.79 Å². The summed E-state index contributed by atoms with van der Waals surface area (Å²) in [7, 11) is 2.05. The van der Waals surface area contributed by atoms with Crippen molar-refractivity contribution in [1.29, 1.82) is 0 Å². The van der Waals surface area contributed by atoms with Crippen LogP contribution in [0.25, 0.3) is 0 Å². The molecule has 1 amide bonds. The van der Waals surface area contributed by atoms with Gasteiger partial charge in [0.1, 0.15) is 0 Å². The first kappa shape index (κ1) is 16.7. The number of halogens is 1. The van der Waals surface area contributed by atoms with Crippen LogP contribution in [-0.4, -0.2) is 59.1 Å². The van der Waals surface area contributed by atoms with Gasteiger partial charge >= 0.3 is 0 Å². The molecule has 1 aromatic carbocycles. The quantitative estimate of drug-likeness (QED) is 0.926. The summed E-state index contributed by atoms with van der Waals surface area (Å²) in [6.45, 7) is 5.16. The normalized spacial score (nSPS) is 15.4. The molecule has 0 bridgehead atoms. The van der Waals surface area contributed by atoms with Crippen molar-refractivity contribution in [3.8, 4) is 0 Å². The number of piperazine rings is 1. The van der Waals surface area contributed by atoms with Gasteiger partial charge in [-0.15, -0.1) is 10.2 Å². The van der Waals surface area contributed by atoms with Crippen molar-refractivity contribution in [3.63, 3.8) is 0 Å². The number of amides is 1. The fourth-order valence-electron chi connectivity index (χ4n) is 2.50. The van der Waals surface area contributed by atoms with Gasteiger partial charge in [-0.1, -0.05) is 17.7 Å². The minimum absolute atomic E-state index is 0.0690. The Morgan fingerprint density at radius 2 is 1.88 bits per heavy atom. The van der Waals surface area contributed by atoms with E-state index in [1.807, 2.05) is 30.0 Å². The number of hydrogen-bond acceptors (Lipinski definition) is 5. The molecule has 1 aliphatic rings. The van der Waals surface area contributed by atoms with Crippen LogP contribution in [-0.2, 0) is 0 Å². The predicted octanol–water partition coefficient (Wildman–Crippen LogP) is 2.57. The van der Waals surface area contributed by atoms with Crippen LogP contribution >= 0.6 is 11.6 Å². The molecule has 0 unspecified atom stereocenters. The van der Waals surface area contributed by atoms with Crippen LogP contribution in [0, 0.1) is 6.92 Å². The molecule has 1 aliphatic heterocycles. The second-order valence-electron chi connectivity index (χ2n) is 5.99. The van der Waals surface area contributed by atoms with E-state index in [2.05, 4.69) is 27.5 Å². The summed E-state index contributed by atoms with van der Waals surface area (Å²) in [5.41, 5.74) is 2.21. The lowest BCUT2D eigenvalue weighted by molar-refractivity contribution is 0.0657. The zero-order chi connectivity index (χ0) is 17.1. The second-order valence-corrected chi connectivity index (χ2v) is 6.40. The fourth-order valence-corrected chi connectivity index (χ4v) is 2.68. The Bertz CT molecular complexity index is 726. The first-order chi connectivity index (χ1) is 11.5. The van der Waals surface area contributed by atoms with Crippen LogP contribution in [0.2, 0.25) is 5.02 Å². The number of likely N-dealkylation sites (N-methyl/N-ethyl adjacent to an activating group) is 1. The van der Waals surface area contributed by atoms with Crippen LogP contribution in [0.3, 0.4) is 0 Å². The van der Waals surface area contributed by atoms with Crippen LogP contribution in [0.1, 0.15) is 16.1 Å². The smallest absolute Gasteiger partial charge is 0.274 e. The molecule has 0 spiro atoms. The molecule has 3 rings (SSSR count). The lowest BCUT2D eigenvalue weighted by Gasteiger charge is -2.32. The summed E-state index contributed by atoms with van der Waals surface area (Å²) >= 11 is 6.11. The lowest BCUT2D eigenvalue weighted by Crippen LogP contribution is -2.47. The molecule has 2 heterocycles. The summed E-state index contributed by atoms with van der Waals surface area (Å²) in [5.74, 6) is 0.505. The molecule has 0 aliphatic carbocycles. The number of benzene rings is 1. The number of aromatic nitrogens is 2. The third-order valence-electron chi connectivity index (χ3n) is 4.12. The number of aryl methyl sites for hydroxylation is 1. The fraction of sp³-hybridized carbons (Fsp3) is 0.353. The van der Waals surface area contributed by atoms with Gasteiger partial charge in [-0.3, -0.25) is 4.79 Å². The Labute approximate surface area is 146 Å². The zero-order valence-electron chi connectivity index (χ0n) is 13.8. The zero-order valence-corrected chi connectivity index (χ0v) is 14.5. The van der Waals surface area contributed by atoms with Gasteiger partial charge in [0, 0.05) is 36.9 Å². The highest BCUT2D eigenvalue weighted by Crippen LogP contribution is 2.22. The van der Waals surface area contributed by atoms with E-state index in [9.17, 15) is 4.79 Å². The van der Waals surface area contributed by atoms with E-state index < -0.39 is 0 Å². The Morgan fingerprint density at radius 3 is 2.50 bits per heavy atom. The van der Waals surface area contributed by atoms with E-state index in [0.29, 0.717) is 16.5 Å². The Balaban J connectivity index is 1.66. The number of nitrogens with one attached hydrogen (secondary N) is 1. The second kappa shape index (κ2) is 7.15. The van der Waals surface area contributed by atoms with Crippen molar-refractivity contribution >= 4 is 29.0 Å². The number of carbonyl (C=O) groups excluding carboxylic acids is 1. The van der Waals surface area contributed by atoms with E-state index in [-0.39, 0.29) is 5.91 Å². The van der Waals surface area contributed by atoms with Crippen molar-refractivity contribution in [2.45, 2.75) is 6.92 Å². The minimum Gasteiger partial charge on any atom is -0.339 e.